The zero-order valence-electron chi connectivity index (χ0n) is 14.0. The van der Waals surface area contributed by atoms with E-state index in [4.69, 9.17) is 0 Å². The smallest absolute Gasteiger partial charge is 0.227 e. The van der Waals surface area contributed by atoms with E-state index in [1.165, 1.54) is 19.3 Å². The Bertz CT molecular complexity index is 591. The summed E-state index contributed by atoms with van der Waals surface area (Å²) in [7, 11) is 0. The molecule has 5 heteroatoms. The minimum absolute atomic E-state index is 0.00693. The number of benzene rings is 1. The van der Waals surface area contributed by atoms with Gasteiger partial charge in [-0.3, -0.25) is 9.59 Å². The molecule has 1 aromatic rings. The van der Waals surface area contributed by atoms with Crippen LogP contribution in [0.5, 0.6) is 0 Å². The number of piperidine rings is 1. The number of halogens is 1. The first-order valence-electron chi connectivity index (χ1n) is 8.99. The van der Waals surface area contributed by atoms with E-state index in [1.807, 2.05) is 29.2 Å². The van der Waals surface area contributed by atoms with Crippen LogP contribution in [0.1, 0.15) is 44.9 Å². The zero-order valence-corrected chi connectivity index (χ0v) is 15.6. The van der Waals surface area contributed by atoms with Gasteiger partial charge in [0.1, 0.15) is 0 Å². The summed E-state index contributed by atoms with van der Waals surface area (Å²) in [6, 6.07) is 7.64. The Balaban J connectivity index is 1.50. The Labute approximate surface area is 152 Å². The van der Waals surface area contributed by atoms with E-state index in [-0.39, 0.29) is 17.7 Å². The summed E-state index contributed by atoms with van der Waals surface area (Å²) in [6.07, 6.45) is 7.23. The highest BCUT2D eigenvalue weighted by atomic mass is 79.9. The lowest BCUT2D eigenvalue weighted by Crippen LogP contribution is -2.44. The van der Waals surface area contributed by atoms with E-state index >= 15 is 0 Å². The first kappa shape index (κ1) is 17.5. The summed E-state index contributed by atoms with van der Waals surface area (Å²) < 4.78 is 0.892. The lowest BCUT2D eigenvalue weighted by atomic mass is 9.87. The molecule has 24 heavy (non-hydrogen) atoms. The molecule has 2 fully saturated rings. The van der Waals surface area contributed by atoms with Crippen LogP contribution in [-0.4, -0.2) is 29.8 Å². The number of nitrogens with zero attached hydrogens (tertiary/aromatic N) is 1. The molecule has 0 bridgehead atoms. The summed E-state index contributed by atoms with van der Waals surface area (Å²) in [5.74, 6) is 0.600. The predicted octanol–water partition coefficient (Wildman–Crippen LogP) is 4.21. The summed E-state index contributed by atoms with van der Waals surface area (Å²) in [4.78, 5) is 27.0. The summed E-state index contributed by atoms with van der Waals surface area (Å²) >= 11 is 3.45. The van der Waals surface area contributed by atoms with Crippen molar-refractivity contribution in [3.8, 4) is 0 Å². The number of hydrogen-bond donors (Lipinski definition) is 1. The number of amides is 2. The fourth-order valence-electron chi connectivity index (χ4n) is 3.77. The number of carbonyl (C=O) groups excluding carboxylic acids is 2. The van der Waals surface area contributed by atoms with Gasteiger partial charge >= 0.3 is 0 Å². The van der Waals surface area contributed by atoms with Crippen LogP contribution >= 0.6 is 15.9 Å². The molecule has 0 spiro atoms. The van der Waals surface area contributed by atoms with E-state index in [1.54, 1.807) is 0 Å². The second-order valence-corrected chi connectivity index (χ2v) is 7.76. The van der Waals surface area contributed by atoms with Crippen LogP contribution in [0.15, 0.2) is 28.7 Å². The standard InChI is InChI=1S/C19H25BrN2O2/c20-16-8-4-5-9-17(16)21-18(23)14-10-12-22(13-11-14)19(24)15-6-2-1-3-7-15/h4-5,8-9,14-15H,1-3,6-7,10-13H2,(H,21,23). The third-order valence-corrected chi connectivity index (χ3v) is 5.96. The quantitative estimate of drug-likeness (QED) is 0.837. The maximum atomic E-state index is 12.6. The highest BCUT2D eigenvalue weighted by Gasteiger charge is 2.31. The van der Waals surface area contributed by atoms with Gasteiger partial charge in [-0.15, -0.1) is 0 Å². The molecular weight excluding hydrogens is 368 g/mol. The molecule has 1 saturated carbocycles. The number of likely N-dealkylation sites (tertiary alicyclic amines) is 1. The highest BCUT2D eigenvalue weighted by Crippen LogP contribution is 2.28. The molecule has 1 heterocycles. The molecule has 1 aliphatic heterocycles. The molecule has 0 unspecified atom stereocenters. The lowest BCUT2D eigenvalue weighted by molar-refractivity contribution is -0.139. The average Bonchev–Trinajstić information content (AvgIpc) is 2.64. The fraction of sp³-hybridized carbons (Fsp3) is 0.579. The molecule has 2 amide bonds. The maximum Gasteiger partial charge on any atom is 0.227 e. The molecule has 1 aromatic carbocycles. The molecule has 0 aromatic heterocycles. The van der Waals surface area contributed by atoms with E-state index in [0.29, 0.717) is 19.0 Å². The fourth-order valence-corrected chi connectivity index (χ4v) is 4.15. The predicted molar refractivity (Wildman–Crippen MR) is 98.7 cm³/mol. The Morgan fingerprint density at radius 3 is 2.29 bits per heavy atom. The SMILES string of the molecule is O=C(Nc1ccccc1Br)C1CCN(C(=O)C2CCCCC2)CC1. The Morgan fingerprint density at radius 2 is 1.62 bits per heavy atom. The lowest BCUT2D eigenvalue weighted by Gasteiger charge is -2.34. The topological polar surface area (TPSA) is 49.4 Å². The van der Waals surface area contributed by atoms with Crippen molar-refractivity contribution in [2.75, 3.05) is 18.4 Å². The number of para-hydroxylation sites is 1. The van der Waals surface area contributed by atoms with Crippen molar-refractivity contribution in [1.82, 2.24) is 4.90 Å². The first-order valence-corrected chi connectivity index (χ1v) is 9.78. The number of rotatable bonds is 3. The van der Waals surface area contributed by atoms with Gasteiger partial charge in [-0.1, -0.05) is 31.4 Å². The van der Waals surface area contributed by atoms with Crippen LogP contribution in [0.2, 0.25) is 0 Å². The second-order valence-electron chi connectivity index (χ2n) is 6.90. The molecule has 1 aliphatic carbocycles. The van der Waals surface area contributed by atoms with Crippen LogP contribution in [-0.2, 0) is 9.59 Å². The Morgan fingerprint density at radius 1 is 0.958 bits per heavy atom. The molecule has 0 radical (unpaired) electrons. The van der Waals surface area contributed by atoms with Crippen molar-refractivity contribution in [2.24, 2.45) is 11.8 Å². The Hall–Kier alpha value is -1.36. The molecule has 0 atom stereocenters. The van der Waals surface area contributed by atoms with Gasteiger partial charge in [-0.25, -0.2) is 0 Å². The van der Waals surface area contributed by atoms with E-state index < -0.39 is 0 Å². The molecule has 2 aliphatic rings. The van der Waals surface area contributed by atoms with Gasteiger partial charge < -0.3 is 10.2 Å². The van der Waals surface area contributed by atoms with Gasteiger partial charge in [0.2, 0.25) is 11.8 Å². The van der Waals surface area contributed by atoms with E-state index in [0.717, 1.165) is 35.8 Å². The minimum Gasteiger partial charge on any atom is -0.342 e. The summed E-state index contributed by atoms with van der Waals surface area (Å²) in [6.45, 7) is 1.42. The molecule has 3 rings (SSSR count). The van der Waals surface area contributed by atoms with Gasteiger partial charge in [0.15, 0.2) is 0 Å². The number of anilines is 1. The number of carbonyl (C=O) groups is 2. The summed E-state index contributed by atoms with van der Waals surface area (Å²) in [5.41, 5.74) is 0.809. The van der Waals surface area contributed by atoms with Crippen LogP contribution in [0.3, 0.4) is 0 Å². The highest BCUT2D eigenvalue weighted by molar-refractivity contribution is 9.10. The van der Waals surface area contributed by atoms with Crippen molar-refractivity contribution in [3.05, 3.63) is 28.7 Å². The van der Waals surface area contributed by atoms with Crippen molar-refractivity contribution in [2.45, 2.75) is 44.9 Å². The second kappa shape index (κ2) is 8.15. The number of nitrogens with one attached hydrogen (secondary N) is 1. The van der Waals surface area contributed by atoms with Crippen molar-refractivity contribution < 1.29 is 9.59 Å². The first-order chi connectivity index (χ1) is 11.6. The third kappa shape index (κ3) is 4.18. The van der Waals surface area contributed by atoms with Crippen LogP contribution in [0, 0.1) is 11.8 Å². The Kier molecular flexibility index (Phi) is 5.93. The summed E-state index contributed by atoms with van der Waals surface area (Å²) in [5, 5.41) is 3.00. The van der Waals surface area contributed by atoms with Crippen LogP contribution in [0.25, 0.3) is 0 Å². The zero-order chi connectivity index (χ0) is 16.9. The maximum absolute atomic E-state index is 12.6. The van der Waals surface area contributed by atoms with Crippen molar-refractivity contribution in [1.29, 1.82) is 0 Å². The van der Waals surface area contributed by atoms with Gasteiger partial charge in [-0.05, 0) is 53.7 Å². The largest absolute Gasteiger partial charge is 0.342 e. The van der Waals surface area contributed by atoms with Crippen molar-refractivity contribution in [3.63, 3.8) is 0 Å². The van der Waals surface area contributed by atoms with Gasteiger partial charge in [0.25, 0.3) is 0 Å². The van der Waals surface area contributed by atoms with E-state index in [2.05, 4.69) is 21.2 Å². The van der Waals surface area contributed by atoms with Gasteiger partial charge in [0, 0.05) is 29.4 Å². The molecule has 1 N–H and O–H groups in total. The third-order valence-electron chi connectivity index (χ3n) is 5.26. The van der Waals surface area contributed by atoms with E-state index in [9.17, 15) is 9.59 Å². The molecular formula is C19H25BrN2O2. The van der Waals surface area contributed by atoms with Gasteiger partial charge in [-0.2, -0.15) is 0 Å². The molecule has 130 valence electrons. The van der Waals surface area contributed by atoms with Crippen molar-refractivity contribution >= 4 is 33.4 Å². The van der Waals surface area contributed by atoms with Gasteiger partial charge in [0.05, 0.1) is 5.69 Å². The number of hydrogen-bond acceptors (Lipinski definition) is 2. The average molecular weight is 393 g/mol. The normalized spacial score (nSPS) is 20.0. The molecule has 4 nitrogen and oxygen atoms in total. The van der Waals surface area contributed by atoms with Crippen LogP contribution < -0.4 is 5.32 Å². The minimum atomic E-state index is -0.00693. The van der Waals surface area contributed by atoms with Crippen LogP contribution in [0.4, 0.5) is 5.69 Å². The molecule has 1 saturated heterocycles. The monoisotopic (exact) mass is 392 g/mol.